The average Bonchev–Trinajstić information content (AvgIpc) is 2.29. The molecule has 1 aliphatic rings. The zero-order valence-corrected chi connectivity index (χ0v) is 11.5. The number of hydrogen-bond donors (Lipinski definition) is 0. The van der Waals surface area contributed by atoms with Crippen LogP contribution < -0.4 is 0 Å². The fourth-order valence-electron chi connectivity index (χ4n) is 2.56. The molecule has 0 N–H and O–H groups in total. The highest BCUT2D eigenvalue weighted by Crippen LogP contribution is 2.25. The highest BCUT2D eigenvalue weighted by Gasteiger charge is 2.39. The van der Waals surface area contributed by atoms with Crippen LogP contribution in [0.15, 0.2) is 0 Å². The molecule has 0 bridgehead atoms. The van der Waals surface area contributed by atoms with E-state index < -0.39 is 0 Å². The number of nitriles is 1. The molecule has 2 unspecified atom stereocenters. The number of nitrogens with zero attached hydrogens (tertiary/aromatic N) is 3. The SMILES string of the molecule is CC1CCN(C)C(CC#N)C(=O)N1C(C)(C)C. The van der Waals surface area contributed by atoms with Gasteiger partial charge >= 0.3 is 0 Å². The minimum atomic E-state index is -0.288. The van der Waals surface area contributed by atoms with Gasteiger partial charge in [0.25, 0.3) is 0 Å². The van der Waals surface area contributed by atoms with Crippen LogP contribution in [0.4, 0.5) is 0 Å². The Balaban J connectivity index is 3.04. The van der Waals surface area contributed by atoms with Crippen LogP contribution in [0.2, 0.25) is 0 Å². The Hall–Kier alpha value is -1.08. The zero-order chi connectivity index (χ0) is 13.2. The summed E-state index contributed by atoms with van der Waals surface area (Å²) in [6, 6.07) is 2.07. The second-order valence-corrected chi connectivity index (χ2v) is 5.88. The van der Waals surface area contributed by atoms with Crippen LogP contribution in [-0.4, -0.2) is 46.9 Å². The summed E-state index contributed by atoms with van der Waals surface area (Å²) >= 11 is 0. The van der Waals surface area contributed by atoms with E-state index in [9.17, 15) is 4.79 Å². The van der Waals surface area contributed by atoms with Gasteiger partial charge in [0.1, 0.15) is 6.04 Å². The van der Waals surface area contributed by atoms with Gasteiger partial charge in [-0.3, -0.25) is 9.69 Å². The molecule has 1 rings (SSSR count). The molecule has 4 nitrogen and oxygen atoms in total. The lowest BCUT2D eigenvalue weighted by Gasteiger charge is -2.40. The second-order valence-electron chi connectivity index (χ2n) is 5.88. The summed E-state index contributed by atoms with van der Waals surface area (Å²) in [6.07, 6.45) is 1.23. The van der Waals surface area contributed by atoms with E-state index in [2.05, 4.69) is 33.8 Å². The van der Waals surface area contributed by atoms with E-state index in [1.807, 2.05) is 16.8 Å². The summed E-state index contributed by atoms with van der Waals surface area (Å²) in [4.78, 5) is 16.5. The topological polar surface area (TPSA) is 47.3 Å². The number of likely N-dealkylation sites (N-methyl/N-ethyl adjacent to an activating group) is 1. The van der Waals surface area contributed by atoms with Crippen molar-refractivity contribution in [2.75, 3.05) is 13.6 Å². The normalized spacial score (nSPS) is 27.8. The Bertz CT molecular complexity index is 327. The Morgan fingerprint density at radius 1 is 1.47 bits per heavy atom. The Labute approximate surface area is 104 Å². The van der Waals surface area contributed by atoms with Gasteiger partial charge in [0.05, 0.1) is 12.5 Å². The molecule has 1 amide bonds. The van der Waals surface area contributed by atoms with Gasteiger partial charge in [0.2, 0.25) is 5.91 Å². The molecular weight excluding hydrogens is 214 g/mol. The summed E-state index contributed by atoms with van der Waals surface area (Å²) in [7, 11) is 1.93. The minimum Gasteiger partial charge on any atom is -0.334 e. The van der Waals surface area contributed by atoms with Crippen LogP contribution >= 0.6 is 0 Å². The van der Waals surface area contributed by atoms with Crippen molar-refractivity contribution in [1.29, 1.82) is 5.26 Å². The molecule has 96 valence electrons. The van der Waals surface area contributed by atoms with Crippen molar-refractivity contribution >= 4 is 5.91 Å². The number of amides is 1. The molecule has 1 aliphatic heterocycles. The molecular formula is C13H23N3O. The van der Waals surface area contributed by atoms with E-state index in [1.165, 1.54) is 0 Å². The van der Waals surface area contributed by atoms with Crippen molar-refractivity contribution < 1.29 is 4.79 Å². The Morgan fingerprint density at radius 2 is 2.06 bits per heavy atom. The van der Waals surface area contributed by atoms with Crippen molar-refractivity contribution in [3.8, 4) is 6.07 Å². The molecule has 17 heavy (non-hydrogen) atoms. The van der Waals surface area contributed by atoms with Gasteiger partial charge in [-0.1, -0.05) is 0 Å². The lowest BCUT2D eigenvalue weighted by Crippen LogP contribution is -2.54. The maximum atomic E-state index is 12.5. The highest BCUT2D eigenvalue weighted by atomic mass is 16.2. The van der Waals surface area contributed by atoms with Gasteiger partial charge in [-0.05, 0) is 41.2 Å². The summed E-state index contributed by atoms with van der Waals surface area (Å²) in [5, 5.41) is 8.85. The largest absolute Gasteiger partial charge is 0.334 e. The third-order valence-corrected chi connectivity index (χ3v) is 3.40. The molecule has 4 heteroatoms. The molecule has 0 aromatic carbocycles. The first-order valence-corrected chi connectivity index (χ1v) is 6.19. The molecule has 0 saturated carbocycles. The summed E-state index contributed by atoms with van der Waals surface area (Å²) in [5.74, 6) is 0.0894. The van der Waals surface area contributed by atoms with Gasteiger partial charge in [-0.15, -0.1) is 0 Å². The molecule has 0 aromatic heterocycles. The van der Waals surface area contributed by atoms with Crippen molar-refractivity contribution in [3.63, 3.8) is 0 Å². The van der Waals surface area contributed by atoms with E-state index in [0.717, 1.165) is 13.0 Å². The molecule has 0 aliphatic carbocycles. The lowest BCUT2D eigenvalue weighted by molar-refractivity contribution is -0.141. The molecule has 1 fully saturated rings. The number of hydrogen-bond acceptors (Lipinski definition) is 3. The third kappa shape index (κ3) is 2.98. The monoisotopic (exact) mass is 237 g/mol. The molecule has 0 aromatic rings. The van der Waals surface area contributed by atoms with Crippen LogP contribution in [0, 0.1) is 11.3 Å². The standard InChI is InChI=1S/C13H23N3O/c1-10-7-9-15(5)11(6-8-14)12(17)16(10)13(2,3)4/h10-11H,6-7,9H2,1-5H3. The van der Waals surface area contributed by atoms with E-state index in [0.29, 0.717) is 0 Å². The minimum absolute atomic E-state index is 0.0894. The Kier molecular flexibility index (Phi) is 4.16. The van der Waals surface area contributed by atoms with Crippen molar-refractivity contribution in [2.45, 2.75) is 58.2 Å². The summed E-state index contributed by atoms with van der Waals surface area (Å²) in [5.41, 5.74) is -0.185. The number of carbonyl (C=O) groups excluding carboxylic acids is 1. The van der Waals surface area contributed by atoms with Gasteiger partial charge < -0.3 is 4.90 Å². The second kappa shape index (κ2) is 5.05. The zero-order valence-electron chi connectivity index (χ0n) is 11.5. The van der Waals surface area contributed by atoms with Crippen LogP contribution in [0.3, 0.4) is 0 Å². The van der Waals surface area contributed by atoms with Gasteiger partial charge in [0, 0.05) is 18.1 Å². The van der Waals surface area contributed by atoms with Crippen molar-refractivity contribution in [1.82, 2.24) is 9.80 Å². The Morgan fingerprint density at radius 3 is 2.53 bits per heavy atom. The smallest absolute Gasteiger partial charge is 0.241 e. The lowest BCUT2D eigenvalue weighted by atomic mass is 10.0. The first-order chi connectivity index (χ1) is 7.79. The fraction of sp³-hybridized carbons (Fsp3) is 0.846. The molecule has 2 atom stereocenters. The van der Waals surface area contributed by atoms with Gasteiger partial charge in [-0.25, -0.2) is 0 Å². The highest BCUT2D eigenvalue weighted by molar-refractivity contribution is 5.83. The van der Waals surface area contributed by atoms with Crippen molar-refractivity contribution in [2.24, 2.45) is 0 Å². The van der Waals surface area contributed by atoms with Crippen LogP contribution in [0.5, 0.6) is 0 Å². The van der Waals surface area contributed by atoms with Crippen LogP contribution in [0.1, 0.15) is 40.5 Å². The van der Waals surface area contributed by atoms with Crippen LogP contribution in [0.25, 0.3) is 0 Å². The number of rotatable bonds is 1. The molecule has 1 heterocycles. The fourth-order valence-corrected chi connectivity index (χ4v) is 2.56. The predicted octanol–water partition coefficient (Wildman–Crippen LogP) is 1.62. The number of carbonyl (C=O) groups is 1. The predicted molar refractivity (Wildman–Crippen MR) is 67.3 cm³/mol. The van der Waals surface area contributed by atoms with Crippen LogP contribution in [-0.2, 0) is 4.79 Å². The quantitative estimate of drug-likeness (QED) is 0.696. The summed E-state index contributed by atoms with van der Waals surface area (Å²) < 4.78 is 0. The third-order valence-electron chi connectivity index (χ3n) is 3.40. The van der Waals surface area contributed by atoms with Gasteiger partial charge in [0.15, 0.2) is 0 Å². The van der Waals surface area contributed by atoms with E-state index in [4.69, 9.17) is 5.26 Å². The first-order valence-electron chi connectivity index (χ1n) is 6.19. The van der Waals surface area contributed by atoms with E-state index in [1.54, 1.807) is 0 Å². The van der Waals surface area contributed by atoms with E-state index >= 15 is 0 Å². The first kappa shape index (κ1) is 14.0. The average molecular weight is 237 g/mol. The molecule has 0 spiro atoms. The molecule has 1 saturated heterocycles. The molecule has 0 radical (unpaired) electrons. The maximum Gasteiger partial charge on any atom is 0.241 e. The van der Waals surface area contributed by atoms with Gasteiger partial charge in [-0.2, -0.15) is 5.26 Å². The maximum absolute atomic E-state index is 12.5. The summed E-state index contributed by atoms with van der Waals surface area (Å²) in [6.45, 7) is 9.11. The van der Waals surface area contributed by atoms with Crippen molar-refractivity contribution in [3.05, 3.63) is 0 Å². The van der Waals surface area contributed by atoms with E-state index in [-0.39, 0.29) is 30.0 Å².